The van der Waals surface area contributed by atoms with Crippen LogP contribution >= 0.6 is 0 Å². The molecule has 0 fully saturated rings. The lowest BCUT2D eigenvalue weighted by Gasteiger charge is -2.31. The number of benzene rings is 1. The number of ether oxygens (including phenoxy) is 2. The number of methoxy groups -OCH3 is 1. The number of rotatable bonds is 8. The van der Waals surface area contributed by atoms with E-state index in [1.54, 1.807) is 7.11 Å². The molecule has 2 rings (SSSR count). The standard InChI is InChI=1S/C23H29NO5/c1-16(23(2,3)4)24-15-19(22(26)27)20(25)14-18(24)11-10-17-8-6-7-9-21(17)29-13-12-28-5/h6-11,14-16H,12-13H2,1-5H3,(H,26,27)/b11-10+. The van der Waals surface area contributed by atoms with Crippen molar-refractivity contribution in [2.45, 2.75) is 33.7 Å². The van der Waals surface area contributed by atoms with Crippen LogP contribution in [0.4, 0.5) is 0 Å². The van der Waals surface area contributed by atoms with E-state index in [9.17, 15) is 14.7 Å². The first-order valence-corrected chi connectivity index (χ1v) is 9.53. The highest BCUT2D eigenvalue weighted by Crippen LogP contribution is 2.31. The van der Waals surface area contributed by atoms with Crippen molar-refractivity contribution in [2.75, 3.05) is 20.3 Å². The molecule has 0 saturated heterocycles. The van der Waals surface area contributed by atoms with Crippen LogP contribution in [0.15, 0.2) is 41.3 Å². The van der Waals surface area contributed by atoms with E-state index in [0.717, 1.165) is 5.56 Å². The molecule has 2 aromatic rings. The summed E-state index contributed by atoms with van der Waals surface area (Å²) in [5.74, 6) is -0.516. The largest absolute Gasteiger partial charge is 0.491 e. The Kier molecular flexibility index (Phi) is 7.40. The smallest absolute Gasteiger partial charge is 0.341 e. The van der Waals surface area contributed by atoms with E-state index in [1.165, 1.54) is 12.3 Å². The van der Waals surface area contributed by atoms with Crippen LogP contribution in [0.1, 0.15) is 55.4 Å². The summed E-state index contributed by atoms with van der Waals surface area (Å²) in [6.07, 6.45) is 5.11. The van der Waals surface area contributed by atoms with E-state index in [2.05, 4.69) is 20.8 Å². The van der Waals surface area contributed by atoms with Crippen LogP contribution in [0.3, 0.4) is 0 Å². The Bertz CT molecular complexity index is 937. The number of hydrogen-bond donors (Lipinski definition) is 1. The van der Waals surface area contributed by atoms with Crippen molar-refractivity contribution in [3.63, 3.8) is 0 Å². The molecule has 0 aliphatic heterocycles. The minimum absolute atomic E-state index is 0.0333. The maximum Gasteiger partial charge on any atom is 0.341 e. The van der Waals surface area contributed by atoms with Crippen LogP contribution in [-0.2, 0) is 4.74 Å². The average molecular weight is 399 g/mol. The number of aromatic carboxylic acids is 1. The molecule has 0 saturated carbocycles. The number of pyridine rings is 1. The van der Waals surface area contributed by atoms with Gasteiger partial charge >= 0.3 is 5.97 Å². The van der Waals surface area contributed by atoms with Gasteiger partial charge in [-0.1, -0.05) is 39.0 Å². The monoisotopic (exact) mass is 399 g/mol. The zero-order chi connectivity index (χ0) is 21.6. The third-order valence-electron chi connectivity index (χ3n) is 4.91. The minimum atomic E-state index is -1.22. The number of aromatic nitrogens is 1. The molecule has 0 amide bonds. The number of carbonyl (C=O) groups is 1. The molecule has 0 radical (unpaired) electrons. The highest BCUT2D eigenvalue weighted by atomic mass is 16.5. The van der Waals surface area contributed by atoms with Crippen molar-refractivity contribution in [1.82, 2.24) is 4.57 Å². The molecule has 1 aromatic carbocycles. The Hall–Kier alpha value is -2.86. The van der Waals surface area contributed by atoms with Crippen molar-refractivity contribution >= 4 is 18.1 Å². The fraction of sp³-hybridized carbons (Fsp3) is 0.391. The van der Waals surface area contributed by atoms with E-state index in [4.69, 9.17) is 9.47 Å². The van der Waals surface area contributed by atoms with E-state index in [-0.39, 0.29) is 17.0 Å². The highest BCUT2D eigenvalue weighted by molar-refractivity contribution is 5.87. The highest BCUT2D eigenvalue weighted by Gasteiger charge is 2.24. The van der Waals surface area contributed by atoms with Crippen molar-refractivity contribution in [3.8, 4) is 5.75 Å². The lowest BCUT2D eigenvalue weighted by Crippen LogP contribution is -2.27. The quantitative estimate of drug-likeness (QED) is 0.668. The van der Waals surface area contributed by atoms with Gasteiger partial charge in [-0.15, -0.1) is 0 Å². The number of para-hydroxylation sites is 1. The maximum atomic E-state index is 12.3. The van der Waals surface area contributed by atoms with Gasteiger partial charge < -0.3 is 19.1 Å². The number of hydrogen-bond acceptors (Lipinski definition) is 4. The van der Waals surface area contributed by atoms with Crippen LogP contribution in [0, 0.1) is 5.41 Å². The first kappa shape index (κ1) is 22.4. The summed E-state index contributed by atoms with van der Waals surface area (Å²) in [5.41, 5.74) is 0.609. The Morgan fingerprint density at radius 3 is 2.52 bits per heavy atom. The minimum Gasteiger partial charge on any atom is -0.491 e. The van der Waals surface area contributed by atoms with Gasteiger partial charge in [0.05, 0.1) is 6.61 Å². The second kappa shape index (κ2) is 9.56. The first-order chi connectivity index (χ1) is 13.6. The van der Waals surface area contributed by atoms with Crippen molar-refractivity contribution in [1.29, 1.82) is 0 Å². The molecule has 0 spiro atoms. The Labute approximate surface area is 171 Å². The van der Waals surface area contributed by atoms with Crippen LogP contribution in [-0.4, -0.2) is 36.0 Å². The van der Waals surface area contributed by atoms with Gasteiger partial charge in [-0.3, -0.25) is 4.79 Å². The molecule has 0 aliphatic rings. The lowest BCUT2D eigenvalue weighted by molar-refractivity contribution is 0.0693. The van der Waals surface area contributed by atoms with Crippen LogP contribution in [0.5, 0.6) is 5.75 Å². The lowest BCUT2D eigenvalue weighted by atomic mass is 9.87. The third kappa shape index (κ3) is 5.81. The molecule has 6 heteroatoms. The molecule has 1 atom stereocenters. The molecule has 156 valence electrons. The van der Waals surface area contributed by atoms with Gasteiger partial charge in [0.1, 0.15) is 17.9 Å². The van der Waals surface area contributed by atoms with Gasteiger partial charge in [0, 0.05) is 36.7 Å². The average Bonchev–Trinajstić information content (AvgIpc) is 2.66. The van der Waals surface area contributed by atoms with Gasteiger partial charge in [0.25, 0.3) is 0 Å². The summed E-state index contributed by atoms with van der Waals surface area (Å²) in [6.45, 7) is 9.14. The van der Waals surface area contributed by atoms with E-state index in [1.807, 2.05) is 47.9 Å². The van der Waals surface area contributed by atoms with Gasteiger partial charge in [-0.2, -0.15) is 0 Å². The summed E-state index contributed by atoms with van der Waals surface area (Å²) < 4.78 is 12.6. The fourth-order valence-electron chi connectivity index (χ4n) is 2.77. The third-order valence-corrected chi connectivity index (χ3v) is 4.91. The molecular weight excluding hydrogens is 370 g/mol. The molecule has 1 aromatic heterocycles. The molecule has 0 aliphatic carbocycles. The van der Waals surface area contributed by atoms with Crippen LogP contribution in [0.2, 0.25) is 0 Å². The summed E-state index contributed by atoms with van der Waals surface area (Å²) in [5, 5.41) is 9.35. The topological polar surface area (TPSA) is 77.8 Å². The van der Waals surface area contributed by atoms with Gasteiger partial charge in [-0.25, -0.2) is 4.79 Å². The molecule has 29 heavy (non-hydrogen) atoms. The van der Waals surface area contributed by atoms with Gasteiger partial charge in [-0.05, 0) is 30.6 Å². The molecule has 1 N–H and O–H groups in total. The van der Waals surface area contributed by atoms with Crippen LogP contribution < -0.4 is 10.2 Å². The van der Waals surface area contributed by atoms with Gasteiger partial charge in [0.2, 0.25) is 0 Å². The van der Waals surface area contributed by atoms with E-state index >= 15 is 0 Å². The van der Waals surface area contributed by atoms with E-state index in [0.29, 0.717) is 24.7 Å². The molecule has 1 heterocycles. The fourth-order valence-corrected chi connectivity index (χ4v) is 2.77. The predicted molar refractivity (Wildman–Crippen MR) is 115 cm³/mol. The zero-order valence-corrected chi connectivity index (χ0v) is 17.6. The summed E-state index contributed by atoms with van der Waals surface area (Å²) in [7, 11) is 1.62. The summed E-state index contributed by atoms with van der Waals surface area (Å²) in [6, 6.07) is 8.92. The maximum absolute atomic E-state index is 12.3. The van der Waals surface area contributed by atoms with Gasteiger partial charge in [0.15, 0.2) is 5.43 Å². The normalized spacial score (nSPS) is 12.9. The SMILES string of the molecule is COCCOc1ccccc1/C=C/c1cc(=O)c(C(=O)O)cn1C(C)C(C)(C)C. The number of nitrogens with zero attached hydrogens (tertiary/aromatic N) is 1. The van der Waals surface area contributed by atoms with Crippen LogP contribution in [0.25, 0.3) is 12.2 Å². The molecule has 6 nitrogen and oxygen atoms in total. The van der Waals surface area contributed by atoms with E-state index < -0.39 is 11.4 Å². The Morgan fingerprint density at radius 2 is 1.90 bits per heavy atom. The first-order valence-electron chi connectivity index (χ1n) is 9.53. The molecule has 0 bridgehead atoms. The molecule has 1 unspecified atom stereocenters. The number of carboxylic acid groups (broad SMARTS) is 1. The predicted octanol–water partition coefficient (Wildman–Crippen LogP) is 4.35. The zero-order valence-electron chi connectivity index (χ0n) is 17.6. The van der Waals surface area contributed by atoms with Crippen molar-refractivity contribution in [3.05, 3.63) is 63.6 Å². The second-order valence-electron chi connectivity index (χ2n) is 7.94. The van der Waals surface area contributed by atoms with Crippen molar-refractivity contribution in [2.24, 2.45) is 5.41 Å². The number of carboxylic acids is 1. The Morgan fingerprint density at radius 1 is 1.21 bits per heavy atom. The Balaban J connectivity index is 2.48. The summed E-state index contributed by atoms with van der Waals surface area (Å²) in [4.78, 5) is 23.7. The second-order valence-corrected chi connectivity index (χ2v) is 7.94. The summed E-state index contributed by atoms with van der Waals surface area (Å²) >= 11 is 0. The van der Waals surface area contributed by atoms with Crippen molar-refractivity contribution < 1.29 is 19.4 Å². The molecular formula is C23H29NO5.